The highest BCUT2D eigenvalue weighted by Crippen LogP contribution is 2.74. The molecule has 0 aromatic heterocycles. The molecule has 0 bridgehead atoms. The Kier molecular flexibility index (Phi) is 4.11. The summed E-state index contributed by atoms with van der Waals surface area (Å²) in [6, 6.07) is 0. The Morgan fingerprint density at radius 1 is 0.867 bits per heavy atom. The van der Waals surface area contributed by atoms with E-state index in [9.17, 15) is 14.7 Å². The molecule has 0 aromatic carbocycles. The van der Waals surface area contributed by atoms with Crippen LogP contribution in [0.4, 0.5) is 0 Å². The lowest BCUT2D eigenvalue weighted by atomic mass is 9.37. The van der Waals surface area contributed by atoms with Crippen molar-refractivity contribution in [2.75, 3.05) is 0 Å². The molecule has 0 aromatic rings. The van der Waals surface area contributed by atoms with Crippen molar-refractivity contribution in [3.05, 3.63) is 22.8 Å². The molecule has 7 atom stereocenters. The highest BCUT2D eigenvalue weighted by molar-refractivity contribution is 6.23. The quantitative estimate of drug-likeness (QED) is 0.543. The van der Waals surface area contributed by atoms with Crippen LogP contribution in [-0.4, -0.2) is 22.8 Å². The standard InChI is InChI=1S/C27H38O3/c1-15-13-17(28)22-16(23(15)30)14-20-26(5)10-7-18-24(2,3)21(29)9-12-25(18,4)19(26)8-11-27(20,22)6/h13,18-21,29H,7-12,14H2,1-6H3/t18-,19+,20-,21-,25+,26-,27-/m0/s1. The summed E-state index contributed by atoms with van der Waals surface area (Å²) in [5.74, 6) is 1.70. The van der Waals surface area contributed by atoms with Crippen LogP contribution in [0.5, 0.6) is 0 Å². The molecule has 0 saturated heterocycles. The van der Waals surface area contributed by atoms with Gasteiger partial charge in [-0.3, -0.25) is 9.59 Å². The zero-order valence-electron chi connectivity index (χ0n) is 19.6. The minimum Gasteiger partial charge on any atom is -0.393 e. The fourth-order valence-corrected chi connectivity index (χ4v) is 9.62. The summed E-state index contributed by atoms with van der Waals surface area (Å²) < 4.78 is 0. The average molecular weight is 411 g/mol. The van der Waals surface area contributed by atoms with Crippen molar-refractivity contribution < 1.29 is 14.7 Å². The lowest BCUT2D eigenvalue weighted by Crippen LogP contribution is -2.62. The fourth-order valence-electron chi connectivity index (χ4n) is 9.62. The SMILES string of the molecule is CC1=CC(=O)C2=C(C[C@H]3[C@@]4(C)CC[C@H]5C(C)(C)[C@@H](O)CC[C@@]5(C)[C@H]4CC[C@]23C)C1=O. The van der Waals surface area contributed by atoms with Gasteiger partial charge in [-0.25, -0.2) is 0 Å². The van der Waals surface area contributed by atoms with Crippen molar-refractivity contribution in [1.29, 1.82) is 0 Å². The Balaban J connectivity index is 1.56. The second-order valence-electron chi connectivity index (χ2n) is 12.6. The summed E-state index contributed by atoms with van der Waals surface area (Å²) in [6.07, 6.45) is 8.57. The number of rotatable bonds is 0. The van der Waals surface area contributed by atoms with Gasteiger partial charge in [0.2, 0.25) is 0 Å². The second-order valence-corrected chi connectivity index (χ2v) is 12.6. The molecule has 3 heteroatoms. The van der Waals surface area contributed by atoms with E-state index in [0.717, 1.165) is 56.1 Å². The lowest BCUT2D eigenvalue weighted by Gasteiger charge is -2.68. The van der Waals surface area contributed by atoms with Crippen molar-refractivity contribution >= 4 is 11.6 Å². The first-order chi connectivity index (χ1) is 13.9. The van der Waals surface area contributed by atoms with E-state index >= 15 is 0 Å². The summed E-state index contributed by atoms with van der Waals surface area (Å²) >= 11 is 0. The number of aliphatic hydroxyl groups is 1. The molecule has 0 heterocycles. The van der Waals surface area contributed by atoms with E-state index in [1.165, 1.54) is 0 Å². The lowest BCUT2D eigenvalue weighted by molar-refractivity contribution is -0.205. The fraction of sp³-hybridized carbons (Fsp3) is 0.778. The number of fused-ring (bicyclic) bond motifs is 6. The van der Waals surface area contributed by atoms with Crippen molar-refractivity contribution in [2.45, 2.75) is 92.6 Å². The molecule has 0 aliphatic heterocycles. The first-order valence-corrected chi connectivity index (χ1v) is 12.1. The van der Waals surface area contributed by atoms with Gasteiger partial charge in [-0.05, 0) is 91.9 Å². The minimum absolute atomic E-state index is 0.0464. The molecule has 1 N–H and O–H groups in total. The van der Waals surface area contributed by atoms with Crippen LogP contribution in [0.2, 0.25) is 0 Å². The Morgan fingerprint density at radius 3 is 2.17 bits per heavy atom. The largest absolute Gasteiger partial charge is 0.393 e. The molecule has 30 heavy (non-hydrogen) atoms. The maximum absolute atomic E-state index is 13.1. The van der Waals surface area contributed by atoms with Crippen molar-refractivity contribution in [2.24, 2.45) is 39.4 Å². The zero-order chi connectivity index (χ0) is 21.9. The highest BCUT2D eigenvalue weighted by atomic mass is 16.3. The third-order valence-corrected chi connectivity index (χ3v) is 11.1. The smallest absolute Gasteiger partial charge is 0.185 e. The van der Waals surface area contributed by atoms with Crippen LogP contribution in [0.1, 0.15) is 86.5 Å². The normalized spacial score (nSPS) is 49.8. The van der Waals surface area contributed by atoms with E-state index in [-0.39, 0.29) is 39.3 Å². The molecule has 3 fully saturated rings. The molecule has 164 valence electrons. The maximum atomic E-state index is 13.1. The number of aliphatic hydroxyl groups excluding tert-OH is 1. The molecule has 0 amide bonds. The number of hydrogen-bond donors (Lipinski definition) is 1. The van der Waals surface area contributed by atoms with Gasteiger partial charge in [-0.15, -0.1) is 0 Å². The van der Waals surface area contributed by atoms with Crippen LogP contribution in [0, 0.1) is 39.4 Å². The molecule has 5 aliphatic carbocycles. The van der Waals surface area contributed by atoms with Crippen LogP contribution < -0.4 is 0 Å². The Labute approximate surface area is 181 Å². The van der Waals surface area contributed by atoms with Crippen molar-refractivity contribution in [3.63, 3.8) is 0 Å². The number of ketones is 2. The number of hydrogen-bond acceptors (Lipinski definition) is 3. The second kappa shape index (κ2) is 5.97. The summed E-state index contributed by atoms with van der Waals surface area (Å²) in [7, 11) is 0. The van der Waals surface area contributed by atoms with Gasteiger partial charge in [0.15, 0.2) is 11.6 Å². The van der Waals surface area contributed by atoms with Gasteiger partial charge < -0.3 is 5.11 Å². The van der Waals surface area contributed by atoms with E-state index < -0.39 is 0 Å². The van der Waals surface area contributed by atoms with Crippen molar-refractivity contribution in [3.8, 4) is 0 Å². The molecular formula is C27H38O3. The Hall–Kier alpha value is -1.22. The van der Waals surface area contributed by atoms with Crippen LogP contribution in [-0.2, 0) is 9.59 Å². The third kappa shape index (κ3) is 2.26. The summed E-state index contributed by atoms with van der Waals surface area (Å²) in [5, 5.41) is 10.8. The van der Waals surface area contributed by atoms with E-state index in [0.29, 0.717) is 23.3 Å². The van der Waals surface area contributed by atoms with Gasteiger partial charge >= 0.3 is 0 Å². The topological polar surface area (TPSA) is 54.4 Å². The number of Topliss-reactive ketones (excluding diaryl/α,β-unsaturated/α-hetero) is 1. The van der Waals surface area contributed by atoms with Gasteiger partial charge in [-0.1, -0.05) is 34.6 Å². The van der Waals surface area contributed by atoms with Gasteiger partial charge in [0.1, 0.15) is 0 Å². The molecule has 3 nitrogen and oxygen atoms in total. The molecular weight excluding hydrogens is 372 g/mol. The van der Waals surface area contributed by atoms with Gasteiger partial charge in [0, 0.05) is 22.1 Å². The molecule has 5 aliphatic rings. The molecule has 5 rings (SSSR count). The van der Waals surface area contributed by atoms with Gasteiger partial charge in [0.25, 0.3) is 0 Å². The van der Waals surface area contributed by atoms with Gasteiger partial charge in [0.05, 0.1) is 6.10 Å². The average Bonchev–Trinajstić information content (AvgIpc) is 2.98. The highest BCUT2D eigenvalue weighted by Gasteiger charge is 2.67. The predicted molar refractivity (Wildman–Crippen MR) is 118 cm³/mol. The summed E-state index contributed by atoms with van der Waals surface area (Å²) in [5.41, 5.74) is 2.45. The van der Waals surface area contributed by atoms with E-state index in [4.69, 9.17) is 0 Å². The van der Waals surface area contributed by atoms with E-state index in [1.807, 2.05) is 0 Å². The number of allylic oxidation sites excluding steroid dienone is 4. The first-order valence-electron chi connectivity index (χ1n) is 12.1. The number of carbonyl (C=O) groups is 2. The van der Waals surface area contributed by atoms with Crippen LogP contribution in [0.25, 0.3) is 0 Å². The van der Waals surface area contributed by atoms with Crippen molar-refractivity contribution in [1.82, 2.24) is 0 Å². The van der Waals surface area contributed by atoms with Crippen LogP contribution in [0.15, 0.2) is 22.8 Å². The Bertz CT molecular complexity index is 907. The Morgan fingerprint density at radius 2 is 1.47 bits per heavy atom. The number of carbonyl (C=O) groups excluding carboxylic acids is 2. The monoisotopic (exact) mass is 410 g/mol. The van der Waals surface area contributed by atoms with E-state index in [2.05, 4.69) is 34.6 Å². The molecule has 0 unspecified atom stereocenters. The molecule has 3 saturated carbocycles. The van der Waals surface area contributed by atoms with Gasteiger partial charge in [-0.2, -0.15) is 0 Å². The first kappa shape index (κ1) is 20.7. The third-order valence-electron chi connectivity index (χ3n) is 11.1. The van der Waals surface area contributed by atoms with E-state index in [1.54, 1.807) is 13.0 Å². The maximum Gasteiger partial charge on any atom is 0.185 e. The summed E-state index contributed by atoms with van der Waals surface area (Å²) in [4.78, 5) is 26.1. The minimum atomic E-state index is -0.210. The predicted octanol–water partition coefficient (Wildman–Crippen LogP) is 5.42. The van der Waals surface area contributed by atoms with Crippen LogP contribution >= 0.6 is 0 Å². The van der Waals surface area contributed by atoms with Crippen LogP contribution in [0.3, 0.4) is 0 Å². The zero-order valence-corrected chi connectivity index (χ0v) is 19.6. The summed E-state index contributed by atoms with van der Waals surface area (Å²) in [6.45, 7) is 13.6. The molecule has 0 radical (unpaired) electrons. The molecule has 0 spiro atoms.